The highest BCUT2D eigenvalue weighted by Crippen LogP contribution is 2.34. The molecule has 0 radical (unpaired) electrons. The van der Waals surface area contributed by atoms with Crippen molar-refractivity contribution in [3.05, 3.63) is 102 Å². The van der Waals surface area contributed by atoms with E-state index in [9.17, 15) is 0 Å². The highest BCUT2D eigenvalue weighted by molar-refractivity contribution is 6.06. The summed E-state index contributed by atoms with van der Waals surface area (Å²) in [5.41, 5.74) is 8.08. The van der Waals surface area contributed by atoms with E-state index in [1.54, 1.807) is 0 Å². The Kier molecular flexibility index (Phi) is 4.99. The van der Waals surface area contributed by atoms with Gasteiger partial charge in [-0.3, -0.25) is 4.98 Å². The van der Waals surface area contributed by atoms with Gasteiger partial charge in [0.05, 0.1) is 5.69 Å². The minimum absolute atomic E-state index is 0.843. The van der Waals surface area contributed by atoms with Crippen molar-refractivity contribution >= 4 is 21.9 Å². The van der Waals surface area contributed by atoms with E-state index in [0.717, 1.165) is 40.1 Å². The van der Waals surface area contributed by atoms with Gasteiger partial charge in [-0.05, 0) is 71.8 Å². The maximum Gasteiger partial charge on any atom is 0.135 e. The molecule has 0 spiro atoms. The van der Waals surface area contributed by atoms with E-state index in [1.807, 2.05) is 6.20 Å². The first-order valence-corrected chi connectivity index (χ1v) is 11.8. The molecular weight excluding hydrogens is 390 g/mol. The van der Waals surface area contributed by atoms with E-state index < -0.39 is 0 Å². The van der Waals surface area contributed by atoms with Gasteiger partial charge in [0.15, 0.2) is 0 Å². The van der Waals surface area contributed by atoms with Crippen LogP contribution in [0, 0.1) is 5.92 Å². The van der Waals surface area contributed by atoms with Crippen LogP contribution in [0.1, 0.15) is 42.4 Å². The second-order valence-electron chi connectivity index (χ2n) is 9.21. The monoisotopic (exact) mass is 417 g/mol. The quantitative estimate of drug-likeness (QED) is 0.290. The molecule has 2 heteroatoms. The SMILES string of the molecule is c1ccc(Cc2ccc3c(c2)oc2ccc(-c4cc(CC5CCCC5)ccn4)cc23)cc1. The van der Waals surface area contributed by atoms with Crippen LogP contribution >= 0.6 is 0 Å². The van der Waals surface area contributed by atoms with Gasteiger partial charge in [0.1, 0.15) is 11.2 Å². The lowest BCUT2D eigenvalue weighted by Crippen LogP contribution is -1.99. The molecular formula is C30H27NO. The molecule has 1 saturated carbocycles. The summed E-state index contributed by atoms with van der Waals surface area (Å²) >= 11 is 0. The van der Waals surface area contributed by atoms with Crippen molar-refractivity contribution in [3.63, 3.8) is 0 Å². The molecule has 32 heavy (non-hydrogen) atoms. The van der Waals surface area contributed by atoms with Gasteiger partial charge >= 0.3 is 0 Å². The largest absolute Gasteiger partial charge is 0.456 e. The molecule has 0 atom stereocenters. The number of benzene rings is 3. The lowest BCUT2D eigenvalue weighted by Gasteiger charge is -2.10. The molecule has 2 heterocycles. The first kappa shape index (κ1) is 19.3. The topological polar surface area (TPSA) is 26.0 Å². The summed E-state index contributed by atoms with van der Waals surface area (Å²) in [5.74, 6) is 0.843. The molecule has 0 aliphatic heterocycles. The van der Waals surface area contributed by atoms with E-state index in [2.05, 4.69) is 83.8 Å². The molecule has 158 valence electrons. The van der Waals surface area contributed by atoms with E-state index in [1.165, 1.54) is 54.2 Å². The number of hydrogen-bond acceptors (Lipinski definition) is 2. The average Bonchev–Trinajstić information content (AvgIpc) is 3.46. The predicted octanol–water partition coefficient (Wildman–Crippen LogP) is 7.97. The van der Waals surface area contributed by atoms with Gasteiger partial charge in [0.2, 0.25) is 0 Å². The first-order valence-electron chi connectivity index (χ1n) is 11.8. The Hall–Kier alpha value is -3.39. The van der Waals surface area contributed by atoms with Crippen molar-refractivity contribution < 1.29 is 4.42 Å². The third-order valence-electron chi connectivity index (χ3n) is 6.91. The zero-order valence-electron chi connectivity index (χ0n) is 18.3. The molecule has 2 aromatic heterocycles. The van der Waals surface area contributed by atoms with Crippen LogP contribution in [0.25, 0.3) is 33.2 Å². The van der Waals surface area contributed by atoms with Crippen LogP contribution in [0.15, 0.2) is 89.5 Å². The average molecular weight is 418 g/mol. The normalized spacial score (nSPS) is 14.5. The summed E-state index contributed by atoms with van der Waals surface area (Å²) in [7, 11) is 0. The second-order valence-corrected chi connectivity index (χ2v) is 9.21. The summed E-state index contributed by atoms with van der Waals surface area (Å²) in [4.78, 5) is 4.69. The summed E-state index contributed by atoms with van der Waals surface area (Å²) in [6.45, 7) is 0. The predicted molar refractivity (Wildman–Crippen MR) is 132 cm³/mol. The van der Waals surface area contributed by atoms with Crippen LogP contribution in [0.5, 0.6) is 0 Å². The Morgan fingerprint density at radius 2 is 1.59 bits per heavy atom. The fourth-order valence-electron chi connectivity index (χ4n) is 5.23. The van der Waals surface area contributed by atoms with Crippen molar-refractivity contribution in [3.8, 4) is 11.3 Å². The van der Waals surface area contributed by atoms with Crippen molar-refractivity contribution in [2.75, 3.05) is 0 Å². The number of nitrogens with zero attached hydrogens (tertiary/aromatic N) is 1. The zero-order chi connectivity index (χ0) is 21.3. The summed E-state index contributed by atoms with van der Waals surface area (Å²) in [6, 6.07) is 28.1. The molecule has 1 aliphatic carbocycles. The Balaban J connectivity index is 1.32. The molecule has 5 aromatic rings. The number of furan rings is 1. The van der Waals surface area contributed by atoms with Crippen LogP contribution in [0.4, 0.5) is 0 Å². The first-order chi connectivity index (χ1) is 15.8. The summed E-state index contributed by atoms with van der Waals surface area (Å²) in [5, 5.41) is 2.33. The third kappa shape index (κ3) is 3.82. The number of pyridine rings is 1. The molecule has 3 aromatic carbocycles. The minimum atomic E-state index is 0.843. The molecule has 0 saturated heterocycles. The lowest BCUT2D eigenvalue weighted by atomic mass is 9.97. The Bertz CT molecular complexity index is 1380. The van der Waals surface area contributed by atoms with Crippen molar-refractivity contribution in [2.24, 2.45) is 5.92 Å². The van der Waals surface area contributed by atoms with Crippen LogP contribution in [-0.4, -0.2) is 4.98 Å². The Morgan fingerprint density at radius 1 is 0.719 bits per heavy atom. The van der Waals surface area contributed by atoms with E-state index in [0.29, 0.717) is 0 Å². The number of aromatic nitrogens is 1. The number of rotatable bonds is 5. The highest BCUT2D eigenvalue weighted by atomic mass is 16.3. The van der Waals surface area contributed by atoms with Gasteiger partial charge in [-0.15, -0.1) is 0 Å². The molecule has 2 nitrogen and oxygen atoms in total. The molecule has 6 rings (SSSR count). The van der Waals surface area contributed by atoms with Gasteiger partial charge in [-0.25, -0.2) is 0 Å². The van der Waals surface area contributed by atoms with E-state index >= 15 is 0 Å². The van der Waals surface area contributed by atoms with Gasteiger partial charge in [0.25, 0.3) is 0 Å². The van der Waals surface area contributed by atoms with Crippen LogP contribution in [0.3, 0.4) is 0 Å². The number of hydrogen-bond donors (Lipinski definition) is 0. The van der Waals surface area contributed by atoms with Crippen molar-refractivity contribution in [1.82, 2.24) is 4.98 Å². The van der Waals surface area contributed by atoms with Crippen LogP contribution in [0.2, 0.25) is 0 Å². The molecule has 0 bridgehead atoms. The van der Waals surface area contributed by atoms with E-state index in [4.69, 9.17) is 4.42 Å². The van der Waals surface area contributed by atoms with Gasteiger partial charge < -0.3 is 4.42 Å². The maximum absolute atomic E-state index is 6.21. The molecule has 1 fully saturated rings. The summed E-state index contributed by atoms with van der Waals surface area (Å²) < 4.78 is 6.21. The standard InChI is InChI=1S/C30H27NO/c1-2-6-21(7-3-1)16-23-10-12-26-27-20-25(11-13-29(27)32-30(26)19-23)28-18-24(14-15-31-28)17-22-8-4-5-9-22/h1-3,6-7,10-15,18-20,22H,4-5,8-9,16-17H2. The maximum atomic E-state index is 6.21. The van der Waals surface area contributed by atoms with E-state index in [-0.39, 0.29) is 0 Å². The van der Waals surface area contributed by atoms with Crippen molar-refractivity contribution in [2.45, 2.75) is 38.5 Å². The van der Waals surface area contributed by atoms with Crippen LogP contribution < -0.4 is 0 Å². The van der Waals surface area contributed by atoms with Gasteiger partial charge in [-0.1, -0.05) is 68.1 Å². The van der Waals surface area contributed by atoms with Crippen LogP contribution in [-0.2, 0) is 12.8 Å². The molecule has 1 aliphatic rings. The smallest absolute Gasteiger partial charge is 0.135 e. The zero-order valence-corrected chi connectivity index (χ0v) is 18.3. The fraction of sp³-hybridized carbons (Fsp3) is 0.233. The molecule has 0 unspecified atom stereocenters. The third-order valence-corrected chi connectivity index (χ3v) is 6.91. The Labute approximate surface area is 188 Å². The van der Waals surface area contributed by atoms with Gasteiger partial charge in [-0.2, -0.15) is 0 Å². The molecule has 0 N–H and O–H groups in total. The summed E-state index contributed by atoms with van der Waals surface area (Å²) in [6.07, 6.45) is 9.58. The molecule has 0 amide bonds. The number of fused-ring (bicyclic) bond motifs is 3. The highest BCUT2D eigenvalue weighted by Gasteiger charge is 2.16. The van der Waals surface area contributed by atoms with Crippen molar-refractivity contribution in [1.29, 1.82) is 0 Å². The minimum Gasteiger partial charge on any atom is -0.456 e. The fourth-order valence-corrected chi connectivity index (χ4v) is 5.23. The van der Waals surface area contributed by atoms with Gasteiger partial charge in [0, 0.05) is 22.5 Å². The lowest BCUT2D eigenvalue weighted by molar-refractivity contribution is 0.546. The second kappa shape index (κ2) is 8.27. The Morgan fingerprint density at radius 3 is 2.47 bits per heavy atom.